The summed E-state index contributed by atoms with van der Waals surface area (Å²) >= 11 is 0. The Morgan fingerprint density at radius 1 is 1.08 bits per heavy atom. The second kappa shape index (κ2) is 8.89. The van der Waals surface area contributed by atoms with Gasteiger partial charge in [-0.15, -0.1) is 0 Å². The number of hydrogen-bond donors (Lipinski definition) is 1. The number of nitrogens with zero attached hydrogens (tertiary/aromatic N) is 2. The van der Waals surface area contributed by atoms with Crippen molar-refractivity contribution in [2.24, 2.45) is 0 Å². The summed E-state index contributed by atoms with van der Waals surface area (Å²) in [6.45, 7) is 0.299. The molecule has 36 heavy (non-hydrogen) atoms. The Bertz CT molecular complexity index is 1370. The minimum atomic E-state index is -2.91. The number of rotatable bonds is 6. The van der Waals surface area contributed by atoms with E-state index in [2.05, 4.69) is 10.1 Å². The van der Waals surface area contributed by atoms with Crippen LogP contribution in [-0.4, -0.2) is 45.9 Å². The van der Waals surface area contributed by atoms with Gasteiger partial charge in [-0.05, 0) is 68.1 Å². The van der Waals surface area contributed by atoms with Crippen molar-refractivity contribution < 1.29 is 27.9 Å². The molecular weight excluding hydrogens is 468 g/mol. The van der Waals surface area contributed by atoms with Crippen LogP contribution in [0.3, 0.4) is 0 Å². The van der Waals surface area contributed by atoms with Gasteiger partial charge in [-0.1, -0.05) is 24.3 Å². The molecule has 5 rings (SSSR count). The van der Waals surface area contributed by atoms with E-state index in [-0.39, 0.29) is 24.0 Å². The lowest BCUT2D eigenvalue weighted by Gasteiger charge is -2.32. The van der Waals surface area contributed by atoms with E-state index < -0.39 is 18.2 Å². The number of carbonyl (C=O) groups is 3. The normalized spacial score (nSPS) is 19.1. The van der Waals surface area contributed by atoms with E-state index in [9.17, 15) is 23.2 Å². The molecule has 1 fully saturated rings. The first-order valence-corrected chi connectivity index (χ1v) is 11.7. The third kappa shape index (κ3) is 4.04. The fourth-order valence-electron chi connectivity index (χ4n) is 5.29. The van der Waals surface area contributed by atoms with Gasteiger partial charge in [-0.3, -0.25) is 14.5 Å². The molecule has 1 N–H and O–H groups in total. The number of fused-ring (bicyclic) bond motifs is 1. The largest absolute Gasteiger partial charge is 0.435 e. The SMILES string of the molecule is Cc1cc(C(=O)CN2C(=O)NC3(CCc4ccccc4C3)C2=O)c(C)n1-c1ccc(OC(F)F)cc1. The monoisotopic (exact) mass is 493 g/mol. The van der Waals surface area contributed by atoms with Crippen LogP contribution in [0.2, 0.25) is 0 Å². The van der Waals surface area contributed by atoms with Crippen LogP contribution >= 0.6 is 0 Å². The van der Waals surface area contributed by atoms with Crippen molar-refractivity contribution in [2.45, 2.75) is 45.3 Å². The number of nitrogens with one attached hydrogen (secondary N) is 1. The smallest absolute Gasteiger partial charge is 0.387 e. The lowest BCUT2D eigenvalue weighted by atomic mass is 9.78. The van der Waals surface area contributed by atoms with Crippen LogP contribution in [0.1, 0.15) is 39.3 Å². The molecule has 1 atom stereocenters. The van der Waals surface area contributed by atoms with Crippen LogP contribution in [0.15, 0.2) is 54.6 Å². The molecule has 1 saturated heterocycles. The lowest BCUT2D eigenvalue weighted by Crippen LogP contribution is -2.51. The second-order valence-electron chi connectivity index (χ2n) is 9.26. The lowest BCUT2D eigenvalue weighted by molar-refractivity contribution is -0.131. The van der Waals surface area contributed by atoms with Gasteiger partial charge in [-0.25, -0.2) is 4.79 Å². The number of Topliss-reactive ketones (excluding diaryl/α,β-unsaturated/α-hetero) is 1. The third-order valence-corrected chi connectivity index (χ3v) is 7.03. The summed E-state index contributed by atoms with van der Waals surface area (Å²) in [5, 5.41) is 2.86. The number of ether oxygens (including phenoxy) is 1. The number of ketones is 1. The molecule has 2 aliphatic rings. The fourth-order valence-corrected chi connectivity index (χ4v) is 5.29. The number of aromatic nitrogens is 1. The van der Waals surface area contributed by atoms with E-state index in [1.54, 1.807) is 25.1 Å². The van der Waals surface area contributed by atoms with E-state index in [1.807, 2.05) is 35.8 Å². The Labute approximate surface area is 206 Å². The van der Waals surface area contributed by atoms with Gasteiger partial charge in [-0.2, -0.15) is 8.78 Å². The highest BCUT2D eigenvalue weighted by Crippen LogP contribution is 2.34. The quantitative estimate of drug-likeness (QED) is 0.409. The fraction of sp³-hybridized carbons (Fsp3) is 0.296. The number of urea groups is 1. The third-order valence-electron chi connectivity index (χ3n) is 7.03. The van der Waals surface area contributed by atoms with Crippen LogP contribution < -0.4 is 10.1 Å². The average Bonchev–Trinajstić information content (AvgIpc) is 3.26. The molecule has 2 aromatic carbocycles. The molecular formula is C27H25F2N3O4. The molecule has 3 aromatic rings. The van der Waals surface area contributed by atoms with Crippen molar-refractivity contribution in [3.05, 3.63) is 82.7 Å². The topological polar surface area (TPSA) is 80.6 Å². The molecule has 2 heterocycles. The summed E-state index contributed by atoms with van der Waals surface area (Å²) < 4.78 is 31.1. The number of imide groups is 1. The molecule has 0 saturated carbocycles. The van der Waals surface area contributed by atoms with E-state index >= 15 is 0 Å². The van der Waals surface area contributed by atoms with Crippen molar-refractivity contribution in [1.82, 2.24) is 14.8 Å². The Morgan fingerprint density at radius 3 is 2.47 bits per heavy atom. The molecule has 1 aliphatic carbocycles. The van der Waals surface area contributed by atoms with Crippen LogP contribution in [0.4, 0.5) is 13.6 Å². The number of alkyl halides is 2. The first kappa shape index (κ1) is 23.7. The highest BCUT2D eigenvalue weighted by Gasteiger charge is 2.52. The maximum atomic E-state index is 13.4. The van der Waals surface area contributed by atoms with E-state index in [0.717, 1.165) is 16.2 Å². The average molecular weight is 494 g/mol. The summed E-state index contributed by atoms with van der Waals surface area (Å²) in [7, 11) is 0. The van der Waals surface area contributed by atoms with E-state index in [1.165, 1.54) is 17.7 Å². The second-order valence-corrected chi connectivity index (χ2v) is 9.26. The van der Waals surface area contributed by atoms with Crippen LogP contribution in [0.5, 0.6) is 5.75 Å². The van der Waals surface area contributed by atoms with Gasteiger partial charge in [0.25, 0.3) is 5.91 Å². The molecule has 0 radical (unpaired) electrons. The Kier molecular flexibility index (Phi) is 5.86. The van der Waals surface area contributed by atoms with Gasteiger partial charge in [0, 0.05) is 29.1 Å². The van der Waals surface area contributed by atoms with Crippen LogP contribution in [-0.2, 0) is 17.6 Å². The summed E-state index contributed by atoms with van der Waals surface area (Å²) in [6, 6.07) is 15.1. The standard InChI is InChI=1S/C27H25F2N3O4/c1-16-13-22(17(2)32(16)20-7-9-21(10-8-20)36-25(28)29)23(33)15-31-24(34)27(30-26(31)35)12-11-18-5-3-4-6-19(18)14-27/h3-10,13,25H,11-12,14-15H2,1-2H3,(H,30,35). The number of amides is 3. The predicted molar refractivity (Wildman–Crippen MR) is 128 cm³/mol. The van der Waals surface area contributed by atoms with Crippen molar-refractivity contribution in [2.75, 3.05) is 6.54 Å². The molecule has 9 heteroatoms. The predicted octanol–water partition coefficient (Wildman–Crippen LogP) is 4.36. The highest BCUT2D eigenvalue weighted by molar-refractivity contribution is 6.11. The molecule has 3 amide bonds. The number of carbonyl (C=O) groups excluding carboxylic acids is 3. The van der Waals surface area contributed by atoms with Gasteiger partial charge in [0.1, 0.15) is 11.3 Å². The summed E-state index contributed by atoms with van der Waals surface area (Å²) in [4.78, 5) is 40.4. The molecule has 0 bridgehead atoms. The van der Waals surface area contributed by atoms with Crippen LogP contribution in [0.25, 0.3) is 5.69 Å². The molecule has 1 unspecified atom stereocenters. The van der Waals surface area contributed by atoms with Crippen molar-refractivity contribution in [1.29, 1.82) is 0 Å². The van der Waals surface area contributed by atoms with Crippen LogP contribution in [0, 0.1) is 13.8 Å². The van der Waals surface area contributed by atoms with Crippen molar-refractivity contribution in [3.63, 3.8) is 0 Å². The molecule has 1 spiro atoms. The zero-order valence-electron chi connectivity index (χ0n) is 19.9. The van der Waals surface area contributed by atoms with Crippen molar-refractivity contribution >= 4 is 17.7 Å². The maximum Gasteiger partial charge on any atom is 0.387 e. The Morgan fingerprint density at radius 2 is 1.78 bits per heavy atom. The first-order chi connectivity index (χ1) is 17.2. The first-order valence-electron chi connectivity index (χ1n) is 11.7. The molecule has 1 aromatic heterocycles. The minimum Gasteiger partial charge on any atom is -0.435 e. The van der Waals surface area contributed by atoms with Gasteiger partial charge >= 0.3 is 12.6 Å². The van der Waals surface area contributed by atoms with Gasteiger partial charge < -0.3 is 14.6 Å². The number of benzene rings is 2. The number of hydrogen-bond acceptors (Lipinski definition) is 4. The van der Waals surface area contributed by atoms with E-state index in [4.69, 9.17) is 0 Å². The summed E-state index contributed by atoms with van der Waals surface area (Å²) in [6.07, 6.45) is 1.56. The number of aryl methyl sites for hydroxylation is 2. The molecule has 7 nitrogen and oxygen atoms in total. The number of halogens is 2. The summed E-state index contributed by atoms with van der Waals surface area (Å²) in [5.41, 5.74) is 3.59. The Hall–Kier alpha value is -4.01. The molecule has 186 valence electrons. The van der Waals surface area contributed by atoms with Gasteiger partial charge in [0.2, 0.25) is 0 Å². The zero-order valence-corrected chi connectivity index (χ0v) is 19.9. The zero-order chi connectivity index (χ0) is 25.6. The van der Waals surface area contributed by atoms with Gasteiger partial charge in [0.15, 0.2) is 5.78 Å². The van der Waals surface area contributed by atoms with E-state index in [0.29, 0.717) is 36.2 Å². The molecule has 1 aliphatic heterocycles. The Balaban J connectivity index is 1.35. The summed E-state index contributed by atoms with van der Waals surface area (Å²) in [5.74, 6) is -0.701. The highest BCUT2D eigenvalue weighted by atomic mass is 19.3. The van der Waals surface area contributed by atoms with Crippen molar-refractivity contribution in [3.8, 4) is 11.4 Å². The van der Waals surface area contributed by atoms with Gasteiger partial charge in [0.05, 0.1) is 6.54 Å². The maximum absolute atomic E-state index is 13.4. The minimum absolute atomic E-state index is 0.0327.